The minimum absolute atomic E-state index is 0.0262. The second-order valence-electron chi connectivity index (χ2n) is 7.58. The number of aromatic carboxylic acids is 1. The normalized spacial score (nSPS) is 14.5. The Kier molecular flexibility index (Phi) is 7.41. The van der Waals surface area contributed by atoms with E-state index in [1.807, 2.05) is 11.8 Å². The lowest BCUT2D eigenvalue weighted by atomic mass is 10.1. The van der Waals surface area contributed by atoms with Gasteiger partial charge in [-0.1, -0.05) is 13.8 Å². The first-order valence-corrected chi connectivity index (χ1v) is 10.6. The van der Waals surface area contributed by atoms with Crippen LogP contribution in [0.5, 0.6) is 0 Å². The zero-order chi connectivity index (χ0) is 22.4. The molecule has 0 radical (unpaired) electrons. The molecule has 1 aliphatic rings. The van der Waals surface area contributed by atoms with E-state index < -0.39 is 5.97 Å². The van der Waals surface area contributed by atoms with Crippen LogP contribution in [0.2, 0.25) is 0 Å². The van der Waals surface area contributed by atoms with Crippen LogP contribution in [0, 0.1) is 0 Å². The predicted molar refractivity (Wildman–Crippen MR) is 120 cm³/mol. The van der Waals surface area contributed by atoms with Crippen molar-refractivity contribution >= 4 is 40.2 Å². The first-order chi connectivity index (χ1) is 14.9. The molecule has 1 aromatic carbocycles. The molecule has 0 atom stereocenters. The minimum Gasteiger partial charge on any atom is -0.478 e. The molecule has 1 fully saturated rings. The highest BCUT2D eigenvalue weighted by atomic mass is 16.4. The highest BCUT2D eigenvalue weighted by Crippen LogP contribution is 2.26. The van der Waals surface area contributed by atoms with Crippen LogP contribution in [0.4, 0.5) is 11.5 Å². The first kappa shape index (κ1) is 22.5. The molecule has 1 aromatic heterocycles. The maximum atomic E-state index is 11.9. The molecule has 3 N–H and O–H groups in total. The number of anilines is 2. The molecule has 3 rings (SSSR count). The maximum Gasteiger partial charge on any atom is 0.336 e. The van der Waals surface area contributed by atoms with Crippen LogP contribution in [0.1, 0.15) is 37.0 Å². The van der Waals surface area contributed by atoms with Gasteiger partial charge in [-0.05, 0) is 30.7 Å². The van der Waals surface area contributed by atoms with E-state index in [9.17, 15) is 19.5 Å². The Hall–Kier alpha value is -3.20. The summed E-state index contributed by atoms with van der Waals surface area (Å²) in [6.45, 7) is 7.53. The summed E-state index contributed by atoms with van der Waals surface area (Å²) in [5.41, 5.74) is 1.26. The van der Waals surface area contributed by atoms with Crippen LogP contribution in [-0.2, 0) is 9.59 Å². The third-order valence-electron chi connectivity index (χ3n) is 5.27. The van der Waals surface area contributed by atoms with Gasteiger partial charge in [0, 0.05) is 50.2 Å². The van der Waals surface area contributed by atoms with Gasteiger partial charge in [-0.15, -0.1) is 0 Å². The van der Waals surface area contributed by atoms with Crippen molar-refractivity contribution in [2.45, 2.75) is 26.7 Å². The van der Waals surface area contributed by atoms with Crippen molar-refractivity contribution in [3.63, 3.8) is 0 Å². The summed E-state index contributed by atoms with van der Waals surface area (Å²) in [7, 11) is 0. The fourth-order valence-electron chi connectivity index (χ4n) is 3.54. The number of carbonyl (C=O) groups is 3. The summed E-state index contributed by atoms with van der Waals surface area (Å²) in [5.74, 6) is -0.551. The highest BCUT2D eigenvalue weighted by molar-refractivity contribution is 6.05. The molecule has 9 heteroatoms. The van der Waals surface area contributed by atoms with E-state index in [0.717, 1.165) is 6.42 Å². The van der Waals surface area contributed by atoms with Gasteiger partial charge in [0.25, 0.3) is 0 Å². The van der Waals surface area contributed by atoms with Gasteiger partial charge < -0.3 is 20.6 Å². The number of fused-ring (bicyclic) bond motifs is 1. The summed E-state index contributed by atoms with van der Waals surface area (Å²) in [6.07, 6.45) is 1.25. The molecule has 9 nitrogen and oxygen atoms in total. The molecule has 0 unspecified atom stereocenters. The Morgan fingerprint density at radius 2 is 1.81 bits per heavy atom. The minimum atomic E-state index is -1.04. The summed E-state index contributed by atoms with van der Waals surface area (Å²) in [6, 6.07) is 6.69. The largest absolute Gasteiger partial charge is 0.478 e. The van der Waals surface area contributed by atoms with Crippen molar-refractivity contribution in [2.75, 3.05) is 49.5 Å². The number of hydrogen-bond donors (Lipinski definition) is 3. The fraction of sp³-hybridized carbons (Fsp3) is 0.455. The first-order valence-electron chi connectivity index (χ1n) is 10.6. The molecule has 2 aromatic rings. The number of nitrogens with zero attached hydrogens (tertiary/aromatic N) is 3. The smallest absolute Gasteiger partial charge is 0.336 e. The molecule has 1 aliphatic heterocycles. The monoisotopic (exact) mass is 427 g/mol. The Labute approximate surface area is 181 Å². The van der Waals surface area contributed by atoms with Gasteiger partial charge in [-0.2, -0.15) is 0 Å². The van der Waals surface area contributed by atoms with Crippen LogP contribution < -0.4 is 15.5 Å². The molecule has 2 amide bonds. The van der Waals surface area contributed by atoms with Crippen LogP contribution in [0.3, 0.4) is 0 Å². The zero-order valence-corrected chi connectivity index (χ0v) is 18.0. The molecule has 0 aliphatic carbocycles. The van der Waals surface area contributed by atoms with Crippen LogP contribution >= 0.6 is 0 Å². The number of aromatic nitrogens is 1. The number of hydrogen-bond acceptors (Lipinski definition) is 6. The molecule has 0 bridgehead atoms. The standard InChI is InChI=1S/C22H29N5O4/c1-3-7-23-21(29)14-26-8-10-27(11-9-26)19-13-17(22(30)31)16-12-15(24-20(28)4-2)5-6-18(16)25-19/h5-6,12-13H,3-4,7-11,14H2,1-2H3,(H,23,29)(H,24,28)(H,30,31). The molecule has 2 heterocycles. The molecule has 0 spiro atoms. The van der Waals surface area contributed by atoms with Crippen molar-refractivity contribution in [3.05, 3.63) is 29.8 Å². The van der Waals surface area contributed by atoms with E-state index >= 15 is 0 Å². The van der Waals surface area contributed by atoms with E-state index in [0.29, 0.717) is 68.1 Å². The van der Waals surface area contributed by atoms with Crippen LogP contribution in [0.15, 0.2) is 24.3 Å². The number of pyridine rings is 1. The maximum absolute atomic E-state index is 11.9. The number of amides is 2. The van der Waals surface area contributed by atoms with Crippen LogP contribution in [0.25, 0.3) is 10.9 Å². The van der Waals surface area contributed by atoms with Gasteiger partial charge in [0.1, 0.15) is 5.82 Å². The SMILES string of the molecule is CCCNC(=O)CN1CCN(c2cc(C(=O)O)c3cc(NC(=O)CC)ccc3n2)CC1. The van der Waals surface area contributed by atoms with Crippen molar-refractivity contribution in [1.29, 1.82) is 0 Å². The van der Waals surface area contributed by atoms with Crippen molar-refractivity contribution in [1.82, 2.24) is 15.2 Å². The number of carboxylic acid groups (broad SMARTS) is 1. The number of benzene rings is 1. The van der Waals surface area contributed by atoms with Gasteiger partial charge in [0.15, 0.2) is 0 Å². The molecular formula is C22H29N5O4. The van der Waals surface area contributed by atoms with E-state index in [1.54, 1.807) is 31.2 Å². The number of carbonyl (C=O) groups excluding carboxylic acids is 2. The summed E-state index contributed by atoms with van der Waals surface area (Å²) in [5, 5.41) is 15.9. The van der Waals surface area contributed by atoms with E-state index in [2.05, 4.69) is 20.5 Å². The average Bonchev–Trinajstić information content (AvgIpc) is 2.77. The number of carboxylic acids is 1. The third kappa shape index (κ3) is 5.69. The lowest BCUT2D eigenvalue weighted by Gasteiger charge is -2.35. The Bertz CT molecular complexity index is 970. The highest BCUT2D eigenvalue weighted by Gasteiger charge is 2.22. The number of rotatable bonds is 8. The second kappa shape index (κ2) is 10.2. The van der Waals surface area contributed by atoms with Gasteiger partial charge in [0.2, 0.25) is 11.8 Å². The summed E-state index contributed by atoms with van der Waals surface area (Å²) >= 11 is 0. The van der Waals surface area contributed by atoms with Gasteiger partial charge in [0.05, 0.1) is 17.6 Å². The van der Waals surface area contributed by atoms with E-state index in [1.165, 1.54) is 0 Å². The Morgan fingerprint density at radius 3 is 2.45 bits per heavy atom. The molecule has 1 saturated heterocycles. The van der Waals surface area contributed by atoms with Crippen molar-refractivity contribution < 1.29 is 19.5 Å². The predicted octanol–water partition coefficient (Wildman–Crippen LogP) is 1.93. The quantitative estimate of drug-likeness (QED) is 0.590. The molecule has 166 valence electrons. The average molecular weight is 428 g/mol. The second-order valence-corrected chi connectivity index (χ2v) is 7.58. The molecular weight excluding hydrogens is 398 g/mol. The summed E-state index contributed by atoms with van der Waals surface area (Å²) < 4.78 is 0. The fourth-order valence-corrected chi connectivity index (χ4v) is 3.54. The summed E-state index contributed by atoms with van der Waals surface area (Å²) in [4.78, 5) is 44.3. The lowest BCUT2D eigenvalue weighted by molar-refractivity contribution is -0.122. The lowest BCUT2D eigenvalue weighted by Crippen LogP contribution is -2.49. The van der Waals surface area contributed by atoms with Gasteiger partial charge in [-0.25, -0.2) is 9.78 Å². The topological polar surface area (TPSA) is 115 Å². The zero-order valence-electron chi connectivity index (χ0n) is 18.0. The van der Waals surface area contributed by atoms with Gasteiger partial charge in [-0.3, -0.25) is 14.5 Å². The Balaban J connectivity index is 1.76. The van der Waals surface area contributed by atoms with E-state index in [-0.39, 0.29) is 17.4 Å². The van der Waals surface area contributed by atoms with Crippen molar-refractivity contribution in [2.24, 2.45) is 0 Å². The van der Waals surface area contributed by atoms with Crippen molar-refractivity contribution in [3.8, 4) is 0 Å². The van der Waals surface area contributed by atoms with Crippen LogP contribution in [-0.4, -0.2) is 72.0 Å². The number of nitrogens with one attached hydrogen (secondary N) is 2. The van der Waals surface area contributed by atoms with E-state index in [4.69, 9.17) is 0 Å². The van der Waals surface area contributed by atoms with Gasteiger partial charge >= 0.3 is 5.97 Å². The third-order valence-corrected chi connectivity index (χ3v) is 5.27. The molecule has 31 heavy (non-hydrogen) atoms. The molecule has 0 saturated carbocycles. The Morgan fingerprint density at radius 1 is 1.06 bits per heavy atom. The number of piperazine rings is 1.